The molecule has 0 saturated heterocycles. The fraction of sp³-hybridized carbons (Fsp3) is 0.200. The van der Waals surface area contributed by atoms with Crippen molar-refractivity contribution < 1.29 is 4.39 Å². The van der Waals surface area contributed by atoms with Crippen molar-refractivity contribution >= 4 is 11.4 Å². The molecule has 4 rings (SSSR count). The van der Waals surface area contributed by atoms with Crippen LogP contribution in [-0.4, -0.2) is 0 Å². The molecular formula is C25H23F. The van der Waals surface area contributed by atoms with Crippen molar-refractivity contribution in [2.24, 2.45) is 0 Å². The number of benzene rings is 3. The fourth-order valence-corrected chi connectivity index (χ4v) is 3.79. The Morgan fingerprint density at radius 1 is 0.654 bits per heavy atom. The van der Waals surface area contributed by atoms with E-state index in [1.165, 1.54) is 22.3 Å². The predicted molar refractivity (Wildman–Crippen MR) is 109 cm³/mol. The van der Waals surface area contributed by atoms with E-state index in [4.69, 9.17) is 0 Å². The van der Waals surface area contributed by atoms with Crippen LogP contribution in [0.5, 0.6) is 0 Å². The van der Waals surface area contributed by atoms with E-state index < -0.39 is 0 Å². The van der Waals surface area contributed by atoms with Gasteiger partial charge in [-0.2, -0.15) is 0 Å². The largest absolute Gasteiger partial charge is 0.206 e. The van der Waals surface area contributed by atoms with Crippen LogP contribution in [0, 0.1) is 27.7 Å². The molecule has 1 aliphatic carbocycles. The molecule has 0 atom stereocenters. The molecule has 130 valence electrons. The predicted octanol–water partition coefficient (Wildman–Crippen LogP) is 6.98. The van der Waals surface area contributed by atoms with Crippen LogP contribution in [0.4, 0.5) is 4.39 Å². The summed E-state index contributed by atoms with van der Waals surface area (Å²) in [5, 5.41) is 0. The van der Waals surface area contributed by atoms with Crippen molar-refractivity contribution in [2.45, 2.75) is 34.1 Å². The van der Waals surface area contributed by atoms with Gasteiger partial charge in [0.05, 0.1) is 0 Å². The Hall–Kier alpha value is -2.67. The molecular weight excluding hydrogens is 319 g/mol. The molecule has 26 heavy (non-hydrogen) atoms. The minimum absolute atomic E-state index is 0.0965. The normalized spacial score (nSPS) is 13.3. The van der Waals surface area contributed by atoms with Crippen molar-refractivity contribution in [1.29, 1.82) is 0 Å². The van der Waals surface area contributed by atoms with E-state index in [9.17, 15) is 0 Å². The highest BCUT2D eigenvalue weighted by Gasteiger charge is 2.24. The molecule has 0 unspecified atom stereocenters. The number of halogens is 1. The van der Waals surface area contributed by atoms with Crippen molar-refractivity contribution in [2.75, 3.05) is 0 Å². The third-order valence-corrected chi connectivity index (χ3v) is 5.63. The average molecular weight is 342 g/mol. The summed E-state index contributed by atoms with van der Waals surface area (Å²) in [5.74, 6) is -0.0965. The van der Waals surface area contributed by atoms with E-state index in [0.29, 0.717) is 12.0 Å². The summed E-state index contributed by atoms with van der Waals surface area (Å²) in [6.45, 7) is 8.41. The van der Waals surface area contributed by atoms with Gasteiger partial charge in [0.1, 0.15) is 5.83 Å². The summed E-state index contributed by atoms with van der Waals surface area (Å²) in [5.41, 5.74) is 10.6. The Kier molecular flexibility index (Phi) is 4.03. The molecule has 1 aliphatic rings. The second-order valence-electron chi connectivity index (χ2n) is 7.41. The third kappa shape index (κ3) is 2.68. The van der Waals surface area contributed by atoms with E-state index in [0.717, 1.165) is 27.8 Å². The van der Waals surface area contributed by atoms with Gasteiger partial charge in [0, 0.05) is 17.6 Å². The average Bonchev–Trinajstić information content (AvgIpc) is 2.74. The molecule has 0 spiro atoms. The fourth-order valence-electron chi connectivity index (χ4n) is 3.79. The number of fused-ring (bicyclic) bond motifs is 3. The van der Waals surface area contributed by atoms with Crippen LogP contribution in [0.15, 0.2) is 54.6 Å². The second kappa shape index (κ2) is 6.25. The van der Waals surface area contributed by atoms with E-state index in [1.807, 2.05) is 36.4 Å². The zero-order valence-corrected chi connectivity index (χ0v) is 15.8. The van der Waals surface area contributed by atoms with Crippen molar-refractivity contribution in [3.8, 4) is 11.1 Å². The Morgan fingerprint density at radius 3 is 1.85 bits per heavy atom. The second-order valence-corrected chi connectivity index (χ2v) is 7.41. The quantitative estimate of drug-likeness (QED) is 0.447. The van der Waals surface area contributed by atoms with Crippen LogP contribution in [0.2, 0.25) is 0 Å². The zero-order chi connectivity index (χ0) is 18.4. The Morgan fingerprint density at radius 2 is 1.19 bits per heavy atom. The maximum Gasteiger partial charge on any atom is 0.135 e. The number of aryl methyl sites for hydroxylation is 4. The number of hydrogen-bond acceptors (Lipinski definition) is 0. The summed E-state index contributed by atoms with van der Waals surface area (Å²) in [7, 11) is 0. The van der Waals surface area contributed by atoms with Gasteiger partial charge >= 0.3 is 0 Å². The minimum Gasteiger partial charge on any atom is -0.206 e. The summed E-state index contributed by atoms with van der Waals surface area (Å²) in [4.78, 5) is 0. The van der Waals surface area contributed by atoms with Crippen LogP contribution >= 0.6 is 0 Å². The Balaban J connectivity index is 2.08. The Bertz CT molecular complexity index is 1040. The highest BCUT2D eigenvalue weighted by molar-refractivity contribution is 5.97. The number of allylic oxidation sites excluding steroid dienone is 1. The lowest BCUT2D eigenvalue weighted by Crippen LogP contribution is -1.95. The van der Waals surface area contributed by atoms with Crippen LogP contribution < -0.4 is 0 Å². The van der Waals surface area contributed by atoms with Crippen LogP contribution in [0.1, 0.15) is 38.9 Å². The SMILES string of the molecule is Cc1cc2c(cc1C)-c1cc(C)c(C)cc1C(F)=C(c1ccccc1)C2. The van der Waals surface area contributed by atoms with E-state index in [2.05, 4.69) is 45.9 Å². The highest BCUT2D eigenvalue weighted by atomic mass is 19.1. The minimum atomic E-state index is -0.0965. The lowest BCUT2D eigenvalue weighted by atomic mass is 9.90. The lowest BCUT2D eigenvalue weighted by Gasteiger charge is -2.14. The Labute approximate surface area is 155 Å². The topological polar surface area (TPSA) is 0 Å². The zero-order valence-electron chi connectivity index (χ0n) is 15.8. The molecule has 0 aliphatic heterocycles. The number of rotatable bonds is 1. The summed E-state index contributed by atoms with van der Waals surface area (Å²) < 4.78 is 15.7. The highest BCUT2D eigenvalue weighted by Crippen LogP contribution is 2.43. The molecule has 1 heteroatoms. The van der Waals surface area contributed by atoms with Gasteiger partial charge in [0.25, 0.3) is 0 Å². The molecule has 0 radical (unpaired) electrons. The van der Waals surface area contributed by atoms with E-state index >= 15 is 4.39 Å². The van der Waals surface area contributed by atoms with Crippen LogP contribution in [-0.2, 0) is 6.42 Å². The van der Waals surface area contributed by atoms with Gasteiger partial charge in [-0.1, -0.05) is 48.5 Å². The molecule has 0 bridgehead atoms. The standard InChI is InChI=1S/C25H23F/c1-15-10-20-14-22(19-8-6-5-7-9-19)25(26)24-13-18(4)17(3)12-23(24)21(20)11-16(15)2/h5-13H,14H2,1-4H3. The maximum atomic E-state index is 15.7. The molecule has 0 heterocycles. The number of hydrogen-bond donors (Lipinski definition) is 0. The van der Waals surface area contributed by atoms with Gasteiger partial charge in [-0.25, -0.2) is 4.39 Å². The molecule has 0 N–H and O–H groups in total. The molecule has 0 fully saturated rings. The van der Waals surface area contributed by atoms with Gasteiger partial charge < -0.3 is 0 Å². The van der Waals surface area contributed by atoms with Crippen molar-refractivity contribution in [1.82, 2.24) is 0 Å². The van der Waals surface area contributed by atoms with Gasteiger partial charge in [0.15, 0.2) is 0 Å². The molecule has 0 aromatic heterocycles. The molecule has 0 amide bonds. The first-order chi connectivity index (χ1) is 12.5. The monoisotopic (exact) mass is 342 g/mol. The first-order valence-corrected chi connectivity index (χ1v) is 9.12. The van der Waals surface area contributed by atoms with E-state index in [-0.39, 0.29) is 5.83 Å². The molecule has 3 aromatic carbocycles. The summed E-state index contributed by atoms with van der Waals surface area (Å²) in [6, 6.07) is 18.5. The van der Waals surface area contributed by atoms with Gasteiger partial charge in [-0.15, -0.1) is 0 Å². The van der Waals surface area contributed by atoms with Gasteiger partial charge in [-0.3, -0.25) is 0 Å². The van der Waals surface area contributed by atoms with Crippen LogP contribution in [0.3, 0.4) is 0 Å². The molecule has 0 saturated carbocycles. The lowest BCUT2D eigenvalue weighted by molar-refractivity contribution is 0.760. The smallest absolute Gasteiger partial charge is 0.135 e. The van der Waals surface area contributed by atoms with Crippen LogP contribution in [0.25, 0.3) is 22.5 Å². The van der Waals surface area contributed by atoms with Crippen molar-refractivity contribution in [3.63, 3.8) is 0 Å². The van der Waals surface area contributed by atoms with Gasteiger partial charge in [-0.05, 0) is 78.3 Å². The van der Waals surface area contributed by atoms with Gasteiger partial charge in [0.2, 0.25) is 0 Å². The summed E-state index contributed by atoms with van der Waals surface area (Å²) >= 11 is 0. The molecule has 3 aromatic rings. The van der Waals surface area contributed by atoms with Crippen molar-refractivity contribution in [3.05, 3.63) is 93.5 Å². The first-order valence-electron chi connectivity index (χ1n) is 9.12. The first kappa shape index (κ1) is 16.8. The molecule has 0 nitrogen and oxygen atoms in total. The third-order valence-electron chi connectivity index (χ3n) is 5.63. The summed E-state index contributed by atoms with van der Waals surface area (Å²) in [6.07, 6.45) is 0.610. The van der Waals surface area contributed by atoms with E-state index in [1.54, 1.807) is 0 Å². The maximum absolute atomic E-state index is 15.7.